The van der Waals surface area contributed by atoms with Crippen molar-refractivity contribution in [2.45, 2.75) is 104 Å². The zero-order chi connectivity index (χ0) is 28.3. The number of aliphatic hydroxyl groups excluding tert-OH is 1. The first kappa shape index (κ1) is 31.3. The van der Waals surface area contributed by atoms with E-state index in [2.05, 4.69) is 0 Å². The number of Topliss-reactive ketones (excluding diaryl/α,β-unsaturated/α-hetero) is 2. The van der Waals surface area contributed by atoms with Gasteiger partial charge in [0.15, 0.2) is 23.1 Å². The SMILES string of the molecule is CC(C)(CO)CCCCC1=CC(=O)C=C(CCCC2=CC(=O)C=C(CCCCC(C)(C)OC=O)C2=O)C1=O. The summed E-state index contributed by atoms with van der Waals surface area (Å²) in [5.74, 6) is -0.662. The summed E-state index contributed by atoms with van der Waals surface area (Å²) in [6.07, 6.45) is 12.3. The van der Waals surface area contributed by atoms with Gasteiger partial charge in [-0.05, 0) is 108 Å². The van der Waals surface area contributed by atoms with Crippen molar-refractivity contribution in [2.75, 3.05) is 6.61 Å². The average Bonchev–Trinajstić information content (AvgIpc) is 2.84. The predicted molar refractivity (Wildman–Crippen MR) is 145 cm³/mol. The van der Waals surface area contributed by atoms with Crippen LogP contribution in [0.25, 0.3) is 0 Å². The van der Waals surface area contributed by atoms with E-state index < -0.39 is 5.60 Å². The van der Waals surface area contributed by atoms with Crippen LogP contribution in [-0.4, -0.2) is 46.9 Å². The highest BCUT2D eigenvalue weighted by molar-refractivity contribution is 6.21. The summed E-state index contributed by atoms with van der Waals surface area (Å²) >= 11 is 0. The topological polar surface area (TPSA) is 115 Å². The Bertz CT molecular complexity index is 1050. The number of allylic oxidation sites excluding steroid dienone is 8. The number of aliphatic hydroxyl groups is 1. The van der Waals surface area contributed by atoms with Crippen molar-refractivity contribution in [3.63, 3.8) is 0 Å². The van der Waals surface area contributed by atoms with Crippen LogP contribution >= 0.6 is 0 Å². The second kappa shape index (κ2) is 14.3. The minimum absolute atomic E-state index is 0.109. The Kier molecular flexibility index (Phi) is 11.8. The van der Waals surface area contributed by atoms with Gasteiger partial charge in [-0.2, -0.15) is 0 Å². The lowest BCUT2D eigenvalue weighted by Crippen LogP contribution is -2.23. The molecule has 208 valence electrons. The van der Waals surface area contributed by atoms with Gasteiger partial charge in [-0.1, -0.05) is 20.3 Å². The summed E-state index contributed by atoms with van der Waals surface area (Å²) in [6.45, 7) is 8.20. The van der Waals surface area contributed by atoms with E-state index in [9.17, 15) is 29.1 Å². The molecule has 0 spiro atoms. The van der Waals surface area contributed by atoms with Gasteiger partial charge in [0.2, 0.25) is 0 Å². The quantitative estimate of drug-likeness (QED) is 0.156. The fourth-order valence-corrected chi connectivity index (χ4v) is 4.71. The van der Waals surface area contributed by atoms with Crippen molar-refractivity contribution in [2.24, 2.45) is 5.41 Å². The Morgan fingerprint density at radius 3 is 1.45 bits per heavy atom. The van der Waals surface area contributed by atoms with Crippen molar-refractivity contribution in [1.82, 2.24) is 0 Å². The van der Waals surface area contributed by atoms with E-state index in [1.807, 2.05) is 27.7 Å². The molecule has 0 aromatic carbocycles. The van der Waals surface area contributed by atoms with Crippen LogP contribution < -0.4 is 0 Å². The highest BCUT2D eigenvalue weighted by Gasteiger charge is 2.25. The molecular formula is C31H42O7. The maximum atomic E-state index is 12.9. The molecule has 7 heteroatoms. The molecular weight excluding hydrogens is 484 g/mol. The maximum absolute atomic E-state index is 12.9. The van der Waals surface area contributed by atoms with E-state index in [0.717, 1.165) is 25.7 Å². The second-order valence-electron chi connectivity index (χ2n) is 11.7. The molecule has 38 heavy (non-hydrogen) atoms. The van der Waals surface area contributed by atoms with Crippen LogP contribution in [0, 0.1) is 5.41 Å². The number of ether oxygens (including phenoxy) is 1. The third kappa shape index (κ3) is 10.1. The van der Waals surface area contributed by atoms with Gasteiger partial charge in [0, 0.05) is 28.9 Å². The Labute approximate surface area is 226 Å². The van der Waals surface area contributed by atoms with Gasteiger partial charge in [0.05, 0.1) is 0 Å². The van der Waals surface area contributed by atoms with Gasteiger partial charge in [-0.15, -0.1) is 0 Å². The average molecular weight is 527 g/mol. The molecule has 0 aliphatic heterocycles. The van der Waals surface area contributed by atoms with Gasteiger partial charge in [-0.25, -0.2) is 0 Å². The van der Waals surface area contributed by atoms with Crippen LogP contribution in [0.4, 0.5) is 0 Å². The molecule has 0 fully saturated rings. The third-order valence-corrected chi connectivity index (χ3v) is 7.14. The van der Waals surface area contributed by atoms with Crippen LogP contribution in [0.2, 0.25) is 0 Å². The van der Waals surface area contributed by atoms with Crippen LogP contribution in [0.5, 0.6) is 0 Å². The highest BCUT2D eigenvalue weighted by Crippen LogP contribution is 2.28. The number of carbonyl (C=O) groups excluding carboxylic acids is 5. The molecule has 0 aromatic heterocycles. The number of hydrogen-bond acceptors (Lipinski definition) is 7. The summed E-state index contributed by atoms with van der Waals surface area (Å²) in [7, 11) is 0. The van der Waals surface area contributed by atoms with Crippen molar-refractivity contribution in [3.8, 4) is 0 Å². The van der Waals surface area contributed by atoms with Gasteiger partial charge in [0.25, 0.3) is 6.47 Å². The van der Waals surface area contributed by atoms with Crippen molar-refractivity contribution in [3.05, 3.63) is 46.6 Å². The Hall–Kier alpha value is -2.93. The molecule has 2 aliphatic carbocycles. The number of hydrogen-bond donors (Lipinski definition) is 1. The van der Waals surface area contributed by atoms with Gasteiger partial charge < -0.3 is 9.84 Å². The fraction of sp³-hybridized carbons (Fsp3) is 0.581. The standard InChI is InChI=1S/C31H42O7/c1-30(2,20-32)14-7-5-10-22-16-26(34)18-24(28(22)36)12-9-13-25-19-27(35)17-23(29(25)37)11-6-8-15-31(3,4)38-21-33/h16-19,21,32H,5-15,20H2,1-4H3. The Morgan fingerprint density at radius 2 is 1.05 bits per heavy atom. The first-order valence-electron chi connectivity index (χ1n) is 13.6. The van der Waals surface area contributed by atoms with E-state index in [0.29, 0.717) is 73.7 Å². The molecule has 0 unspecified atom stereocenters. The van der Waals surface area contributed by atoms with E-state index in [-0.39, 0.29) is 35.2 Å². The number of carbonyl (C=O) groups is 5. The van der Waals surface area contributed by atoms with E-state index in [4.69, 9.17) is 4.74 Å². The van der Waals surface area contributed by atoms with Gasteiger partial charge >= 0.3 is 0 Å². The third-order valence-electron chi connectivity index (χ3n) is 7.14. The number of rotatable bonds is 17. The molecule has 0 amide bonds. The molecule has 0 aromatic rings. The first-order valence-corrected chi connectivity index (χ1v) is 13.6. The van der Waals surface area contributed by atoms with E-state index in [1.54, 1.807) is 0 Å². The summed E-state index contributed by atoms with van der Waals surface area (Å²) < 4.78 is 5.05. The van der Waals surface area contributed by atoms with Gasteiger partial charge in [-0.3, -0.25) is 24.0 Å². The van der Waals surface area contributed by atoms with Crippen molar-refractivity contribution >= 4 is 29.6 Å². The molecule has 0 saturated heterocycles. The number of unbranched alkanes of at least 4 members (excludes halogenated alkanes) is 2. The number of ketones is 4. The Balaban J connectivity index is 1.83. The van der Waals surface area contributed by atoms with Crippen LogP contribution in [0.3, 0.4) is 0 Å². The molecule has 2 aliphatic rings. The molecule has 1 N–H and O–H groups in total. The maximum Gasteiger partial charge on any atom is 0.293 e. The summed E-state index contributed by atoms with van der Waals surface area (Å²) in [5.41, 5.74) is 1.18. The molecule has 0 radical (unpaired) electrons. The largest absolute Gasteiger partial charge is 0.462 e. The minimum Gasteiger partial charge on any atom is -0.462 e. The second-order valence-corrected chi connectivity index (χ2v) is 11.7. The fourth-order valence-electron chi connectivity index (χ4n) is 4.71. The normalized spacial score (nSPS) is 16.7. The summed E-state index contributed by atoms with van der Waals surface area (Å²) in [4.78, 5) is 60.9. The predicted octanol–water partition coefficient (Wildman–Crippen LogP) is 5.26. The lowest BCUT2D eigenvalue weighted by molar-refractivity contribution is -0.141. The Morgan fingerprint density at radius 1 is 0.658 bits per heavy atom. The summed E-state index contributed by atoms with van der Waals surface area (Å²) in [6, 6.07) is 0. The lowest BCUT2D eigenvalue weighted by Gasteiger charge is -2.22. The highest BCUT2D eigenvalue weighted by atomic mass is 16.5. The van der Waals surface area contributed by atoms with E-state index in [1.165, 1.54) is 24.3 Å². The molecule has 2 rings (SSSR count). The molecule has 0 atom stereocenters. The molecule has 0 bridgehead atoms. The molecule has 0 saturated carbocycles. The monoisotopic (exact) mass is 526 g/mol. The van der Waals surface area contributed by atoms with Gasteiger partial charge in [0.1, 0.15) is 5.60 Å². The zero-order valence-electron chi connectivity index (χ0n) is 23.3. The smallest absolute Gasteiger partial charge is 0.293 e. The van der Waals surface area contributed by atoms with Crippen molar-refractivity contribution < 1.29 is 33.8 Å². The minimum atomic E-state index is -0.563. The molecule has 0 heterocycles. The zero-order valence-corrected chi connectivity index (χ0v) is 23.3. The van der Waals surface area contributed by atoms with Crippen LogP contribution in [0.1, 0.15) is 98.3 Å². The van der Waals surface area contributed by atoms with Crippen LogP contribution in [-0.2, 0) is 28.7 Å². The first-order chi connectivity index (χ1) is 17.9. The lowest BCUT2D eigenvalue weighted by atomic mass is 9.85. The molecule has 7 nitrogen and oxygen atoms in total. The van der Waals surface area contributed by atoms with Crippen LogP contribution in [0.15, 0.2) is 46.6 Å². The van der Waals surface area contributed by atoms with E-state index >= 15 is 0 Å². The van der Waals surface area contributed by atoms with Crippen molar-refractivity contribution in [1.29, 1.82) is 0 Å². The summed E-state index contributed by atoms with van der Waals surface area (Å²) in [5, 5.41) is 9.39.